The number of hydrogen-bond donors (Lipinski definition) is 2. The van der Waals surface area contributed by atoms with Crippen LogP contribution in [-0.2, 0) is 20.1 Å². The van der Waals surface area contributed by atoms with Crippen LogP contribution in [0.3, 0.4) is 0 Å². The highest BCUT2D eigenvalue weighted by molar-refractivity contribution is 7.80. The van der Waals surface area contributed by atoms with Crippen LogP contribution < -0.4 is 10.8 Å². The lowest BCUT2D eigenvalue weighted by molar-refractivity contribution is 0.0596. The minimum absolute atomic E-state index is 0.0669. The molecule has 1 unspecified atom stereocenters. The van der Waals surface area contributed by atoms with Gasteiger partial charge in [0.2, 0.25) is 17.0 Å². The summed E-state index contributed by atoms with van der Waals surface area (Å²) in [5.74, 6) is -0.583. The molecule has 10 heteroatoms. The molecule has 0 spiro atoms. The molecule has 0 bridgehead atoms. The molecule has 132 valence electrons. The van der Waals surface area contributed by atoms with Crippen LogP contribution in [0.15, 0.2) is 35.2 Å². The van der Waals surface area contributed by atoms with Gasteiger partial charge in [-0.3, -0.25) is 5.32 Å². The normalized spacial score (nSPS) is 11.5. The molecule has 2 N–H and O–H groups in total. The van der Waals surface area contributed by atoms with Crippen LogP contribution in [0.4, 0.5) is 10.7 Å². The lowest BCUT2D eigenvalue weighted by Crippen LogP contribution is -2.30. The van der Waals surface area contributed by atoms with Gasteiger partial charge >= 0.3 is 12.0 Å². The summed E-state index contributed by atoms with van der Waals surface area (Å²) >= 11 is -2.12. The number of aryl methyl sites for hydroxylation is 2. The summed E-state index contributed by atoms with van der Waals surface area (Å²) in [6.07, 6.45) is 0. The van der Waals surface area contributed by atoms with Crippen molar-refractivity contribution in [3.05, 3.63) is 47.3 Å². The molecule has 2 amide bonds. The number of benzene rings is 1. The fourth-order valence-electron chi connectivity index (χ4n) is 1.92. The molecule has 1 heterocycles. The molecular weight excluding hydrogens is 348 g/mol. The summed E-state index contributed by atoms with van der Waals surface area (Å²) < 4.78 is 21.6. The Morgan fingerprint density at radius 1 is 1.12 bits per heavy atom. The van der Waals surface area contributed by atoms with Gasteiger partial charge in [-0.15, -0.1) is 0 Å². The maximum Gasteiger partial charge on any atom is 0.346 e. The number of hydroxylamine groups is 1. The highest BCUT2D eigenvalue weighted by Gasteiger charge is 2.18. The number of carbonyl (C=O) groups is 2. The van der Waals surface area contributed by atoms with Gasteiger partial charge in [0.05, 0.1) is 17.6 Å². The van der Waals surface area contributed by atoms with Gasteiger partial charge in [0.1, 0.15) is 0 Å². The number of carbonyl (C=O) groups excluding carboxylic acids is 2. The van der Waals surface area contributed by atoms with Crippen molar-refractivity contribution in [2.24, 2.45) is 0 Å². The Labute approximate surface area is 146 Å². The molecule has 1 aromatic heterocycles. The first-order valence-electron chi connectivity index (χ1n) is 7.06. The first-order valence-corrected chi connectivity index (χ1v) is 8.14. The first kappa shape index (κ1) is 18.5. The maximum atomic E-state index is 12.2. The Hall–Kier alpha value is -2.85. The Kier molecular flexibility index (Phi) is 6.14. The van der Waals surface area contributed by atoms with E-state index in [0.717, 1.165) is 0 Å². The Balaban J connectivity index is 2.00. The van der Waals surface area contributed by atoms with E-state index >= 15 is 0 Å². The Bertz CT molecular complexity index is 807. The van der Waals surface area contributed by atoms with E-state index in [4.69, 9.17) is 4.28 Å². The van der Waals surface area contributed by atoms with Gasteiger partial charge < -0.3 is 4.74 Å². The number of ether oxygens (including phenoxy) is 1. The summed E-state index contributed by atoms with van der Waals surface area (Å²) in [6.45, 7) is 3.51. The van der Waals surface area contributed by atoms with Crippen molar-refractivity contribution in [3.63, 3.8) is 0 Å². The SMILES string of the molecule is COC(=O)c1ccccc1S(=O)ONC(=O)Nc1nc(C)cc(C)n1. The molecule has 0 saturated heterocycles. The molecule has 0 radical (unpaired) electrons. The molecule has 25 heavy (non-hydrogen) atoms. The molecule has 0 aliphatic heterocycles. The van der Waals surface area contributed by atoms with Crippen molar-refractivity contribution in [2.45, 2.75) is 18.7 Å². The second kappa shape index (κ2) is 8.31. The van der Waals surface area contributed by atoms with Gasteiger partial charge in [0, 0.05) is 11.4 Å². The topological polar surface area (TPSA) is 120 Å². The van der Waals surface area contributed by atoms with Crippen LogP contribution in [0.1, 0.15) is 21.7 Å². The summed E-state index contributed by atoms with van der Waals surface area (Å²) in [5.41, 5.74) is 3.40. The van der Waals surface area contributed by atoms with E-state index in [2.05, 4.69) is 20.0 Å². The number of aromatic nitrogens is 2. The molecule has 9 nitrogen and oxygen atoms in total. The smallest absolute Gasteiger partial charge is 0.346 e. The van der Waals surface area contributed by atoms with Gasteiger partial charge in [-0.1, -0.05) is 12.1 Å². The molecule has 1 atom stereocenters. The van der Waals surface area contributed by atoms with Crippen molar-refractivity contribution in [1.29, 1.82) is 0 Å². The molecule has 2 aromatic rings. The number of rotatable bonds is 5. The van der Waals surface area contributed by atoms with E-state index in [9.17, 15) is 13.8 Å². The molecule has 0 aliphatic rings. The average molecular weight is 364 g/mol. The van der Waals surface area contributed by atoms with Crippen LogP contribution in [0, 0.1) is 13.8 Å². The van der Waals surface area contributed by atoms with E-state index in [1.54, 1.807) is 32.0 Å². The van der Waals surface area contributed by atoms with Crippen molar-refractivity contribution >= 4 is 29.0 Å². The minimum atomic E-state index is -2.12. The number of urea groups is 1. The largest absolute Gasteiger partial charge is 0.465 e. The summed E-state index contributed by atoms with van der Waals surface area (Å²) in [6, 6.07) is 6.96. The highest BCUT2D eigenvalue weighted by Crippen LogP contribution is 2.15. The number of esters is 1. The number of hydrogen-bond acceptors (Lipinski definition) is 7. The first-order chi connectivity index (χ1) is 11.9. The fourth-order valence-corrected chi connectivity index (χ4v) is 2.68. The van der Waals surface area contributed by atoms with Gasteiger partial charge in [0.25, 0.3) is 0 Å². The van der Waals surface area contributed by atoms with Crippen LogP contribution in [0.5, 0.6) is 0 Å². The van der Waals surface area contributed by atoms with Crippen molar-refractivity contribution in [1.82, 2.24) is 15.4 Å². The summed E-state index contributed by atoms with van der Waals surface area (Å²) in [5, 5.41) is 2.36. The molecular formula is C15H16N4O5S. The van der Waals surface area contributed by atoms with Gasteiger partial charge in [-0.2, -0.15) is 4.28 Å². The van der Waals surface area contributed by atoms with E-state index in [-0.39, 0.29) is 16.4 Å². The second-order valence-electron chi connectivity index (χ2n) is 4.84. The summed E-state index contributed by atoms with van der Waals surface area (Å²) in [4.78, 5) is 31.6. The van der Waals surface area contributed by atoms with Gasteiger partial charge in [0.15, 0.2) is 0 Å². The molecule has 0 saturated carbocycles. The van der Waals surface area contributed by atoms with Crippen LogP contribution in [-0.4, -0.2) is 33.3 Å². The van der Waals surface area contributed by atoms with Crippen molar-refractivity contribution < 1.29 is 22.8 Å². The minimum Gasteiger partial charge on any atom is -0.465 e. The number of nitrogens with zero attached hydrogens (tertiary/aromatic N) is 2. The predicted octanol–water partition coefficient (Wildman–Crippen LogP) is 1.66. The second-order valence-corrected chi connectivity index (χ2v) is 5.91. The van der Waals surface area contributed by atoms with Gasteiger partial charge in [-0.05, 0) is 32.0 Å². The van der Waals surface area contributed by atoms with Crippen molar-refractivity contribution in [2.75, 3.05) is 12.4 Å². The molecule has 1 aromatic carbocycles. The Morgan fingerprint density at radius 3 is 2.40 bits per heavy atom. The van der Waals surface area contributed by atoms with Gasteiger partial charge in [-0.25, -0.2) is 29.2 Å². The third kappa shape index (κ3) is 5.06. The van der Waals surface area contributed by atoms with E-state index in [1.165, 1.54) is 19.2 Å². The molecule has 2 rings (SSSR count). The quantitative estimate of drug-likeness (QED) is 0.611. The zero-order valence-corrected chi connectivity index (χ0v) is 14.5. The predicted molar refractivity (Wildman–Crippen MR) is 88.9 cm³/mol. The van der Waals surface area contributed by atoms with E-state index in [0.29, 0.717) is 11.4 Å². The lowest BCUT2D eigenvalue weighted by atomic mass is 10.2. The Morgan fingerprint density at radius 2 is 1.76 bits per heavy atom. The van der Waals surface area contributed by atoms with Crippen LogP contribution in [0.25, 0.3) is 0 Å². The standard InChI is InChI=1S/C15H16N4O5S/c1-9-8-10(2)17-14(16-9)18-15(21)19-24-25(22)12-7-5-4-6-11(12)13(20)23-3/h4-8H,1-3H3,(H2,16,17,18,19,21). The third-order valence-electron chi connectivity index (χ3n) is 2.89. The van der Waals surface area contributed by atoms with E-state index < -0.39 is 23.1 Å². The van der Waals surface area contributed by atoms with Crippen LogP contribution in [0.2, 0.25) is 0 Å². The number of methoxy groups -OCH3 is 1. The van der Waals surface area contributed by atoms with E-state index in [1.807, 2.05) is 5.48 Å². The zero-order valence-electron chi connectivity index (χ0n) is 13.7. The lowest BCUT2D eigenvalue weighted by Gasteiger charge is -2.09. The zero-order chi connectivity index (χ0) is 18.4. The monoisotopic (exact) mass is 364 g/mol. The number of anilines is 1. The third-order valence-corrected chi connectivity index (χ3v) is 3.84. The van der Waals surface area contributed by atoms with Crippen molar-refractivity contribution in [3.8, 4) is 0 Å². The number of amides is 2. The summed E-state index contributed by atoms with van der Waals surface area (Å²) in [7, 11) is 1.21. The molecule has 0 fully saturated rings. The maximum absolute atomic E-state index is 12.2. The highest BCUT2D eigenvalue weighted by atomic mass is 32.2. The average Bonchev–Trinajstić information content (AvgIpc) is 2.58. The van der Waals surface area contributed by atoms with Crippen LogP contribution >= 0.6 is 0 Å². The fraction of sp³-hybridized carbons (Fsp3) is 0.200. The number of nitrogens with one attached hydrogen (secondary N) is 2. The molecule has 0 aliphatic carbocycles.